The summed E-state index contributed by atoms with van der Waals surface area (Å²) < 4.78 is 5.33. The Labute approximate surface area is 202 Å². The predicted octanol–water partition coefficient (Wildman–Crippen LogP) is 4.65. The number of nitrogens with one attached hydrogen (secondary N) is 1. The Morgan fingerprint density at radius 1 is 0.941 bits per heavy atom. The normalized spacial score (nSPS) is 16.7. The number of anilines is 1. The van der Waals surface area contributed by atoms with Crippen molar-refractivity contribution in [3.63, 3.8) is 0 Å². The third kappa shape index (κ3) is 5.26. The van der Waals surface area contributed by atoms with Gasteiger partial charge in [0.2, 0.25) is 0 Å². The highest BCUT2D eigenvalue weighted by Crippen LogP contribution is 2.25. The van der Waals surface area contributed by atoms with Crippen molar-refractivity contribution in [3.8, 4) is 5.75 Å². The monoisotopic (exact) mass is 455 g/mol. The van der Waals surface area contributed by atoms with Gasteiger partial charge in [0.25, 0.3) is 5.91 Å². The number of ether oxygens (including phenoxy) is 1. The van der Waals surface area contributed by atoms with E-state index in [1.807, 2.05) is 24.3 Å². The Kier molecular flexibility index (Phi) is 6.82. The van der Waals surface area contributed by atoms with Gasteiger partial charge >= 0.3 is 0 Å². The number of rotatable bonds is 6. The molecule has 0 saturated carbocycles. The Morgan fingerprint density at radius 2 is 1.71 bits per heavy atom. The molecule has 5 heteroatoms. The van der Waals surface area contributed by atoms with E-state index in [1.165, 1.54) is 22.4 Å². The summed E-state index contributed by atoms with van der Waals surface area (Å²) in [5, 5.41) is 3.25. The number of fused-ring (bicyclic) bond motifs is 1. The summed E-state index contributed by atoms with van der Waals surface area (Å²) in [6.45, 7) is 4.82. The van der Waals surface area contributed by atoms with Crippen molar-refractivity contribution in [3.05, 3.63) is 95.1 Å². The summed E-state index contributed by atoms with van der Waals surface area (Å²) in [4.78, 5) is 17.7. The van der Waals surface area contributed by atoms with Crippen molar-refractivity contribution >= 4 is 11.6 Å². The summed E-state index contributed by atoms with van der Waals surface area (Å²) >= 11 is 0. The molecule has 2 heterocycles. The maximum Gasteiger partial charge on any atom is 0.251 e. The quantitative estimate of drug-likeness (QED) is 0.588. The number of hydrogen-bond acceptors (Lipinski definition) is 4. The number of likely N-dealkylation sites (tertiary alicyclic amines) is 1. The van der Waals surface area contributed by atoms with Gasteiger partial charge in [0.1, 0.15) is 5.75 Å². The lowest BCUT2D eigenvalue weighted by atomic mass is 9.99. The summed E-state index contributed by atoms with van der Waals surface area (Å²) in [5.74, 6) is 0.928. The summed E-state index contributed by atoms with van der Waals surface area (Å²) in [6, 6.07) is 25.2. The van der Waals surface area contributed by atoms with E-state index >= 15 is 0 Å². The van der Waals surface area contributed by atoms with Crippen LogP contribution in [0.25, 0.3) is 0 Å². The zero-order chi connectivity index (χ0) is 23.3. The highest BCUT2D eigenvalue weighted by molar-refractivity contribution is 5.94. The van der Waals surface area contributed by atoms with Crippen LogP contribution in [0.1, 0.15) is 39.9 Å². The molecule has 0 atom stereocenters. The molecule has 0 spiro atoms. The smallest absolute Gasteiger partial charge is 0.251 e. The maximum atomic E-state index is 12.9. The molecule has 3 aromatic carbocycles. The third-order valence-corrected chi connectivity index (χ3v) is 7.09. The van der Waals surface area contributed by atoms with Crippen LogP contribution in [0.4, 0.5) is 5.69 Å². The Hall–Kier alpha value is -3.31. The Bertz CT molecular complexity index is 1120. The first-order valence-electron chi connectivity index (χ1n) is 12.3. The molecule has 3 aromatic rings. The number of hydrogen-bond donors (Lipinski definition) is 1. The summed E-state index contributed by atoms with van der Waals surface area (Å²) in [6.07, 6.45) is 3.01. The first-order chi connectivity index (χ1) is 16.7. The molecule has 1 fully saturated rings. The Morgan fingerprint density at radius 3 is 2.47 bits per heavy atom. The zero-order valence-corrected chi connectivity index (χ0v) is 19.9. The van der Waals surface area contributed by atoms with Crippen molar-refractivity contribution < 1.29 is 9.53 Å². The van der Waals surface area contributed by atoms with Crippen LogP contribution in [0.5, 0.6) is 5.75 Å². The first kappa shape index (κ1) is 22.5. The molecular formula is C29H33N3O2. The fourth-order valence-corrected chi connectivity index (χ4v) is 5.07. The topological polar surface area (TPSA) is 44.8 Å². The molecule has 0 radical (unpaired) electrons. The average Bonchev–Trinajstić information content (AvgIpc) is 2.90. The largest absolute Gasteiger partial charge is 0.497 e. The molecule has 5 rings (SSSR count). The average molecular weight is 456 g/mol. The molecule has 5 nitrogen and oxygen atoms in total. The third-order valence-electron chi connectivity index (χ3n) is 7.09. The first-order valence-corrected chi connectivity index (χ1v) is 12.3. The lowest BCUT2D eigenvalue weighted by Crippen LogP contribution is -2.44. The minimum absolute atomic E-state index is 0.0294. The van der Waals surface area contributed by atoms with Gasteiger partial charge < -0.3 is 15.0 Å². The van der Waals surface area contributed by atoms with E-state index in [0.717, 1.165) is 63.3 Å². The molecule has 176 valence electrons. The van der Waals surface area contributed by atoms with Gasteiger partial charge in [-0.2, -0.15) is 0 Å². The van der Waals surface area contributed by atoms with Gasteiger partial charge in [-0.15, -0.1) is 0 Å². The number of amides is 1. The van der Waals surface area contributed by atoms with Crippen LogP contribution in [-0.2, 0) is 19.5 Å². The van der Waals surface area contributed by atoms with E-state index in [9.17, 15) is 4.79 Å². The maximum absolute atomic E-state index is 12.9. The van der Waals surface area contributed by atoms with Crippen LogP contribution in [0, 0.1) is 0 Å². The second kappa shape index (κ2) is 10.3. The van der Waals surface area contributed by atoms with Gasteiger partial charge in [-0.25, -0.2) is 0 Å². The van der Waals surface area contributed by atoms with E-state index in [-0.39, 0.29) is 11.9 Å². The SMILES string of the molecule is COc1cccc(CN2CCC(NC(=O)c3ccc(N4CCc5ccccc5C4)cc3)CC2)c1. The number of methoxy groups -OCH3 is 1. The van der Waals surface area contributed by atoms with Gasteiger partial charge in [-0.05, 0) is 72.4 Å². The predicted molar refractivity (Wildman–Crippen MR) is 136 cm³/mol. The summed E-state index contributed by atoms with van der Waals surface area (Å²) in [5.41, 5.74) is 6.02. The van der Waals surface area contributed by atoms with Crippen molar-refractivity contribution in [1.82, 2.24) is 10.2 Å². The van der Waals surface area contributed by atoms with Crippen molar-refractivity contribution in [2.75, 3.05) is 31.6 Å². The second-order valence-electron chi connectivity index (χ2n) is 9.36. The number of piperidine rings is 1. The van der Waals surface area contributed by atoms with Crippen molar-refractivity contribution in [1.29, 1.82) is 0 Å². The van der Waals surface area contributed by atoms with Gasteiger partial charge in [-0.3, -0.25) is 9.69 Å². The second-order valence-corrected chi connectivity index (χ2v) is 9.36. The van der Waals surface area contributed by atoms with E-state index in [4.69, 9.17) is 4.74 Å². The van der Waals surface area contributed by atoms with Crippen LogP contribution in [0.2, 0.25) is 0 Å². The Balaban J connectivity index is 1.11. The highest BCUT2D eigenvalue weighted by Gasteiger charge is 2.22. The molecule has 0 aliphatic carbocycles. The zero-order valence-electron chi connectivity index (χ0n) is 19.9. The van der Waals surface area contributed by atoms with Crippen molar-refractivity contribution in [2.45, 2.75) is 38.4 Å². The standard InChI is InChI=1S/C29H33N3O2/c1-34-28-8-4-5-22(19-28)20-31-16-14-26(15-17-31)30-29(33)24-9-11-27(12-10-24)32-18-13-23-6-2-3-7-25(23)21-32/h2-12,19,26H,13-18,20-21H2,1H3,(H,30,33). The van der Waals surface area contributed by atoms with Crippen molar-refractivity contribution in [2.24, 2.45) is 0 Å². The van der Waals surface area contributed by atoms with E-state index in [2.05, 4.69) is 63.6 Å². The minimum atomic E-state index is 0.0294. The molecule has 1 amide bonds. The van der Waals surface area contributed by atoms with Crippen LogP contribution in [0.15, 0.2) is 72.8 Å². The number of carbonyl (C=O) groups excluding carboxylic acids is 1. The molecule has 2 aliphatic rings. The van der Waals surface area contributed by atoms with Gasteiger partial charge in [0, 0.05) is 50.0 Å². The van der Waals surface area contributed by atoms with Crippen LogP contribution < -0.4 is 15.0 Å². The number of benzene rings is 3. The lowest BCUT2D eigenvalue weighted by molar-refractivity contribution is 0.0909. The molecule has 0 unspecified atom stereocenters. The van der Waals surface area contributed by atoms with E-state index in [0.29, 0.717) is 0 Å². The molecule has 0 aromatic heterocycles. The number of nitrogens with zero attached hydrogens (tertiary/aromatic N) is 2. The summed E-state index contributed by atoms with van der Waals surface area (Å²) in [7, 11) is 1.70. The molecule has 34 heavy (non-hydrogen) atoms. The van der Waals surface area contributed by atoms with Gasteiger partial charge in [0.15, 0.2) is 0 Å². The molecule has 0 bridgehead atoms. The minimum Gasteiger partial charge on any atom is -0.497 e. The highest BCUT2D eigenvalue weighted by atomic mass is 16.5. The molecule has 2 aliphatic heterocycles. The fraction of sp³-hybridized carbons (Fsp3) is 0.345. The number of carbonyl (C=O) groups is 1. The van der Waals surface area contributed by atoms with Crippen LogP contribution >= 0.6 is 0 Å². The van der Waals surface area contributed by atoms with E-state index < -0.39 is 0 Å². The van der Waals surface area contributed by atoms with E-state index in [1.54, 1.807) is 7.11 Å². The van der Waals surface area contributed by atoms with Crippen LogP contribution in [-0.4, -0.2) is 43.6 Å². The molecular weight excluding hydrogens is 422 g/mol. The van der Waals surface area contributed by atoms with Gasteiger partial charge in [0.05, 0.1) is 7.11 Å². The van der Waals surface area contributed by atoms with Crippen LogP contribution in [0.3, 0.4) is 0 Å². The molecule has 1 saturated heterocycles. The van der Waals surface area contributed by atoms with Gasteiger partial charge in [-0.1, -0.05) is 36.4 Å². The fourth-order valence-electron chi connectivity index (χ4n) is 5.07. The lowest BCUT2D eigenvalue weighted by Gasteiger charge is -2.32. The molecule has 1 N–H and O–H groups in total.